The number of rotatable bonds is 4. The first kappa shape index (κ1) is 17.3. The standard InChI is InChI=1S/C12H19NO8/c1-5(14)13-9-11(20-7(3)16)10(17)8(21-12(9)18)4-19-6(2)15/h8-12,17-18H,4H2,1-3H3,(H,13,14)/t8-,9-,10-,11-,12-/m0/s1. The number of carbonyl (C=O) groups is 3. The van der Waals surface area contributed by atoms with Crippen LogP contribution in [-0.4, -0.2) is 65.3 Å². The molecule has 0 aliphatic carbocycles. The van der Waals surface area contributed by atoms with Crippen molar-refractivity contribution in [3.8, 4) is 0 Å². The molecule has 3 N–H and O–H groups in total. The summed E-state index contributed by atoms with van der Waals surface area (Å²) in [6.45, 7) is 3.18. The van der Waals surface area contributed by atoms with Gasteiger partial charge in [0.25, 0.3) is 0 Å². The molecule has 1 aliphatic rings. The summed E-state index contributed by atoms with van der Waals surface area (Å²) in [5.74, 6) is -1.78. The quantitative estimate of drug-likeness (QED) is 0.511. The van der Waals surface area contributed by atoms with E-state index < -0.39 is 48.5 Å². The number of aliphatic hydroxyl groups excluding tert-OH is 2. The number of carbonyl (C=O) groups excluding carboxylic acids is 3. The van der Waals surface area contributed by atoms with Crippen LogP contribution >= 0.6 is 0 Å². The molecule has 9 heteroatoms. The van der Waals surface area contributed by atoms with Gasteiger partial charge in [-0.05, 0) is 0 Å². The van der Waals surface area contributed by atoms with Gasteiger partial charge >= 0.3 is 11.9 Å². The van der Waals surface area contributed by atoms with Crippen LogP contribution in [0.25, 0.3) is 0 Å². The molecular formula is C12H19NO8. The minimum atomic E-state index is -1.53. The molecule has 0 aromatic rings. The summed E-state index contributed by atoms with van der Waals surface area (Å²) in [4.78, 5) is 33.0. The molecule has 1 amide bonds. The van der Waals surface area contributed by atoms with Crippen molar-refractivity contribution in [2.75, 3.05) is 6.61 Å². The Morgan fingerprint density at radius 2 is 1.76 bits per heavy atom. The first-order valence-electron chi connectivity index (χ1n) is 6.31. The van der Waals surface area contributed by atoms with E-state index in [1.54, 1.807) is 0 Å². The highest BCUT2D eigenvalue weighted by atomic mass is 16.6. The van der Waals surface area contributed by atoms with E-state index in [-0.39, 0.29) is 6.61 Å². The van der Waals surface area contributed by atoms with Crippen molar-refractivity contribution in [3.63, 3.8) is 0 Å². The van der Waals surface area contributed by atoms with Gasteiger partial charge in [0.2, 0.25) is 5.91 Å². The van der Waals surface area contributed by atoms with Gasteiger partial charge in [0.15, 0.2) is 12.4 Å². The third-order valence-corrected chi connectivity index (χ3v) is 2.82. The highest BCUT2D eigenvalue weighted by Crippen LogP contribution is 2.23. The lowest BCUT2D eigenvalue weighted by atomic mass is 9.96. The molecule has 120 valence electrons. The molecule has 9 nitrogen and oxygen atoms in total. The van der Waals surface area contributed by atoms with E-state index >= 15 is 0 Å². The third-order valence-electron chi connectivity index (χ3n) is 2.82. The lowest BCUT2D eigenvalue weighted by Crippen LogP contribution is -2.65. The molecule has 0 aromatic heterocycles. The fraction of sp³-hybridized carbons (Fsp3) is 0.750. The monoisotopic (exact) mass is 305 g/mol. The number of nitrogens with one attached hydrogen (secondary N) is 1. The number of ether oxygens (including phenoxy) is 3. The maximum absolute atomic E-state index is 11.1. The molecular weight excluding hydrogens is 286 g/mol. The van der Waals surface area contributed by atoms with Crippen LogP contribution in [0.4, 0.5) is 0 Å². The summed E-state index contributed by atoms with van der Waals surface area (Å²) in [6, 6.07) is -1.13. The highest BCUT2D eigenvalue weighted by Gasteiger charge is 2.47. The van der Waals surface area contributed by atoms with E-state index in [1.165, 1.54) is 13.8 Å². The SMILES string of the molecule is CC(=O)N[C@H]1[C@H](OC(C)=O)[C@@H](O)[C@H](COC(C)=O)O[C@@H]1O. The van der Waals surface area contributed by atoms with Crippen molar-refractivity contribution >= 4 is 17.8 Å². The largest absolute Gasteiger partial charge is 0.463 e. The van der Waals surface area contributed by atoms with Gasteiger partial charge in [-0.3, -0.25) is 14.4 Å². The van der Waals surface area contributed by atoms with Crippen molar-refractivity contribution < 1.29 is 38.8 Å². The number of aliphatic hydroxyl groups is 2. The van der Waals surface area contributed by atoms with Crippen LogP contribution in [0.5, 0.6) is 0 Å². The molecule has 1 rings (SSSR count). The van der Waals surface area contributed by atoms with Gasteiger partial charge in [0.1, 0.15) is 24.9 Å². The maximum atomic E-state index is 11.1. The Morgan fingerprint density at radius 1 is 1.14 bits per heavy atom. The summed E-state index contributed by atoms with van der Waals surface area (Å²) >= 11 is 0. The van der Waals surface area contributed by atoms with E-state index in [9.17, 15) is 24.6 Å². The average Bonchev–Trinajstić information content (AvgIpc) is 2.35. The minimum Gasteiger partial charge on any atom is -0.463 e. The normalized spacial score (nSPS) is 32.1. The van der Waals surface area contributed by atoms with Gasteiger partial charge in [-0.2, -0.15) is 0 Å². The van der Waals surface area contributed by atoms with E-state index in [0.29, 0.717) is 0 Å². The summed E-state index contributed by atoms with van der Waals surface area (Å²) in [7, 11) is 0. The Bertz CT molecular complexity index is 412. The molecule has 1 saturated heterocycles. The van der Waals surface area contributed by atoms with Gasteiger partial charge in [-0.25, -0.2) is 0 Å². The molecule has 1 fully saturated rings. The third kappa shape index (κ3) is 4.96. The summed E-state index contributed by atoms with van der Waals surface area (Å²) < 4.78 is 14.7. The van der Waals surface area contributed by atoms with Crippen LogP contribution < -0.4 is 5.32 Å². The van der Waals surface area contributed by atoms with E-state index in [0.717, 1.165) is 6.92 Å². The molecule has 0 radical (unpaired) electrons. The fourth-order valence-corrected chi connectivity index (χ4v) is 1.99. The Morgan fingerprint density at radius 3 is 2.24 bits per heavy atom. The number of esters is 2. The zero-order valence-corrected chi connectivity index (χ0v) is 11.9. The topological polar surface area (TPSA) is 131 Å². The molecule has 0 spiro atoms. The lowest BCUT2D eigenvalue weighted by Gasteiger charge is -2.42. The molecule has 5 atom stereocenters. The molecule has 1 heterocycles. The minimum absolute atomic E-state index is 0.321. The van der Waals surface area contributed by atoms with Crippen LogP contribution in [0.15, 0.2) is 0 Å². The Labute approximate surface area is 121 Å². The molecule has 0 bridgehead atoms. The summed E-state index contributed by atoms with van der Waals surface area (Å²) in [5, 5.41) is 22.4. The average molecular weight is 305 g/mol. The van der Waals surface area contributed by atoms with E-state index in [1.807, 2.05) is 0 Å². The van der Waals surface area contributed by atoms with Crippen LogP contribution in [-0.2, 0) is 28.6 Å². The van der Waals surface area contributed by atoms with Crippen LogP contribution in [0.2, 0.25) is 0 Å². The van der Waals surface area contributed by atoms with Crippen LogP contribution in [0.1, 0.15) is 20.8 Å². The fourth-order valence-electron chi connectivity index (χ4n) is 1.99. The first-order chi connectivity index (χ1) is 9.72. The Balaban J connectivity index is 2.87. The molecule has 21 heavy (non-hydrogen) atoms. The van der Waals surface area contributed by atoms with Gasteiger partial charge in [0.05, 0.1) is 0 Å². The van der Waals surface area contributed by atoms with Gasteiger partial charge < -0.3 is 29.7 Å². The maximum Gasteiger partial charge on any atom is 0.303 e. The summed E-state index contributed by atoms with van der Waals surface area (Å²) in [5.41, 5.74) is 0. The zero-order chi connectivity index (χ0) is 16.2. The second-order valence-electron chi connectivity index (χ2n) is 4.66. The van der Waals surface area contributed by atoms with Crippen molar-refractivity contribution in [2.24, 2.45) is 0 Å². The van der Waals surface area contributed by atoms with Crippen LogP contribution in [0.3, 0.4) is 0 Å². The van der Waals surface area contributed by atoms with Gasteiger partial charge in [-0.1, -0.05) is 0 Å². The van der Waals surface area contributed by atoms with Crippen molar-refractivity contribution in [1.29, 1.82) is 0 Å². The Kier molecular flexibility index (Phi) is 6.06. The molecule has 0 aromatic carbocycles. The van der Waals surface area contributed by atoms with Gasteiger partial charge in [0, 0.05) is 20.8 Å². The predicted octanol–water partition coefficient (Wildman–Crippen LogP) is -1.94. The molecule has 0 unspecified atom stereocenters. The number of amides is 1. The number of hydrogen-bond donors (Lipinski definition) is 3. The lowest BCUT2D eigenvalue weighted by molar-refractivity contribution is -0.259. The summed E-state index contributed by atoms with van der Waals surface area (Å²) in [6.07, 6.45) is -5.22. The van der Waals surface area contributed by atoms with E-state index in [2.05, 4.69) is 5.32 Å². The first-order valence-corrected chi connectivity index (χ1v) is 6.31. The molecule has 0 saturated carbocycles. The van der Waals surface area contributed by atoms with Gasteiger partial charge in [-0.15, -0.1) is 0 Å². The highest BCUT2D eigenvalue weighted by molar-refractivity contribution is 5.73. The predicted molar refractivity (Wildman–Crippen MR) is 66.7 cm³/mol. The Hall–Kier alpha value is -1.71. The smallest absolute Gasteiger partial charge is 0.303 e. The van der Waals surface area contributed by atoms with Crippen molar-refractivity contribution in [1.82, 2.24) is 5.32 Å². The van der Waals surface area contributed by atoms with Crippen molar-refractivity contribution in [2.45, 2.75) is 51.4 Å². The number of hydrogen-bond acceptors (Lipinski definition) is 8. The second-order valence-corrected chi connectivity index (χ2v) is 4.66. The van der Waals surface area contributed by atoms with Crippen molar-refractivity contribution in [3.05, 3.63) is 0 Å². The zero-order valence-electron chi connectivity index (χ0n) is 11.9. The second kappa shape index (κ2) is 7.34. The van der Waals surface area contributed by atoms with Crippen LogP contribution in [0, 0.1) is 0 Å². The molecule has 1 aliphatic heterocycles. The van der Waals surface area contributed by atoms with E-state index in [4.69, 9.17) is 14.2 Å².